The topological polar surface area (TPSA) is 21.3 Å². The Labute approximate surface area is 120 Å². The highest BCUT2D eigenvalue weighted by Gasteiger charge is 2.23. The molecule has 0 heterocycles. The van der Waals surface area contributed by atoms with E-state index in [1.165, 1.54) is 0 Å². The molecule has 0 bridgehead atoms. The molecule has 1 aromatic carbocycles. The molecule has 0 spiro atoms. The van der Waals surface area contributed by atoms with E-state index in [2.05, 4.69) is 19.2 Å². The third kappa shape index (κ3) is 4.13. The first-order valence-corrected chi connectivity index (χ1v) is 7.19. The van der Waals surface area contributed by atoms with Crippen molar-refractivity contribution in [2.45, 2.75) is 39.3 Å². The minimum Gasteiger partial charge on any atom is -0.377 e. The molecule has 4 heteroatoms. The summed E-state index contributed by atoms with van der Waals surface area (Å²) in [5.74, 6) is 0. The van der Waals surface area contributed by atoms with E-state index in [-0.39, 0.29) is 12.1 Å². The minimum absolute atomic E-state index is 0.0751. The van der Waals surface area contributed by atoms with E-state index < -0.39 is 0 Å². The van der Waals surface area contributed by atoms with E-state index in [4.69, 9.17) is 27.9 Å². The van der Waals surface area contributed by atoms with Crippen molar-refractivity contribution >= 4 is 23.2 Å². The van der Waals surface area contributed by atoms with E-state index in [9.17, 15) is 0 Å². The summed E-state index contributed by atoms with van der Waals surface area (Å²) >= 11 is 12.3. The Morgan fingerprint density at radius 2 is 1.94 bits per heavy atom. The smallest absolute Gasteiger partial charge is 0.0767 e. The van der Waals surface area contributed by atoms with Gasteiger partial charge in [0, 0.05) is 16.7 Å². The standard InChI is InChI=1S/C14H21Cl2NO/c1-4-13(18-6-3)14(17-5-2)11-9-10(15)7-8-12(11)16/h7-9,13-14,17H,4-6H2,1-3H3. The fourth-order valence-corrected chi connectivity index (χ4v) is 2.49. The molecule has 0 aromatic heterocycles. The van der Waals surface area contributed by atoms with Crippen LogP contribution in [-0.4, -0.2) is 19.3 Å². The molecule has 1 aromatic rings. The Morgan fingerprint density at radius 3 is 2.50 bits per heavy atom. The first kappa shape index (κ1) is 15.8. The Balaban J connectivity index is 3.05. The van der Waals surface area contributed by atoms with Crippen LogP contribution in [0.15, 0.2) is 18.2 Å². The van der Waals surface area contributed by atoms with Gasteiger partial charge in [0.2, 0.25) is 0 Å². The van der Waals surface area contributed by atoms with Crippen LogP contribution in [0.1, 0.15) is 38.8 Å². The fourth-order valence-electron chi connectivity index (χ4n) is 2.08. The molecule has 0 saturated heterocycles. The van der Waals surface area contributed by atoms with Crippen molar-refractivity contribution in [1.82, 2.24) is 5.32 Å². The molecular formula is C14H21Cl2NO. The van der Waals surface area contributed by atoms with Crippen molar-refractivity contribution in [2.24, 2.45) is 0 Å². The van der Waals surface area contributed by atoms with Gasteiger partial charge < -0.3 is 10.1 Å². The molecule has 2 atom stereocenters. The maximum Gasteiger partial charge on any atom is 0.0767 e. The van der Waals surface area contributed by atoms with Crippen molar-refractivity contribution in [1.29, 1.82) is 0 Å². The maximum absolute atomic E-state index is 6.27. The van der Waals surface area contributed by atoms with Gasteiger partial charge in [0.25, 0.3) is 0 Å². The largest absolute Gasteiger partial charge is 0.377 e. The third-order valence-electron chi connectivity index (χ3n) is 2.87. The zero-order valence-electron chi connectivity index (χ0n) is 11.2. The molecule has 1 rings (SSSR count). The molecule has 0 aliphatic rings. The maximum atomic E-state index is 6.27. The number of likely N-dealkylation sites (N-methyl/N-ethyl adjacent to an activating group) is 1. The molecule has 0 radical (unpaired) electrons. The molecule has 102 valence electrons. The molecule has 2 nitrogen and oxygen atoms in total. The lowest BCUT2D eigenvalue weighted by Gasteiger charge is -2.28. The van der Waals surface area contributed by atoms with Gasteiger partial charge in [-0.05, 0) is 43.7 Å². The highest BCUT2D eigenvalue weighted by molar-refractivity contribution is 6.33. The second-order valence-corrected chi connectivity index (χ2v) is 4.95. The fraction of sp³-hybridized carbons (Fsp3) is 0.571. The molecule has 0 saturated carbocycles. The Hall–Kier alpha value is -0.280. The second-order valence-electron chi connectivity index (χ2n) is 4.10. The number of benzene rings is 1. The summed E-state index contributed by atoms with van der Waals surface area (Å²) in [7, 11) is 0. The summed E-state index contributed by atoms with van der Waals surface area (Å²) in [4.78, 5) is 0. The van der Waals surface area contributed by atoms with Crippen LogP contribution in [-0.2, 0) is 4.74 Å². The normalized spacial score (nSPS) is 14.5. The monoisotopic (exact) mass is 289 g/mol. The molecule has 2 unspecified atom stereocenters. The number of halogens is 2. The predicted molar refractivity (Wildman–Crippen MR) is 78.6 cm³/mol. The molecule has 0 fully saturated rings. The number of rotatable bonds is 7. The zero-order valence-corrected chi connectivity index (χ0v) is 12.7. The van der Waals surface area contributed by atoms with E-state index in [0.717, 1.165) is 23.6 Å². The lowest BCUT2D eigenvalue weighted by atomic mass is 9.99. The van der Waals surface area contributed by atoms with E-state index >= 15 is 0 Å². The van der Waals surface area contributed by atoms with Crippen molar-refractivity contribution in [3.63, 3.8) is 0 Å². The van der Waals surface area contributed by atoms with Crippen LogP contribution in [0.25, 0.3) is 0 Å². The van der Waals surface area contributed by atoms with Crippen LogP contribution < -0.4 is 5.32 Å². The van der Waals surface area contributed by atoms with Crippen LogP contribution in [0.2, 0.25) is 10.0 Å². The highest BCUT2D eigenvalue weighted by Crippen LogP contribution is 2.30. The van der Waals surface area contributed by atoms with Crippen molar-refractivity contribution in [3.05, 3.63) is 33.8 Å². The first-order valence-electron chi connectivity index (χ1n) is 6.43. The van der Waals surface area contributed by atoms with Gasteiger partial charge in [0.15, 0.2) is 0 Å². The average Bonchev–Trinajstić information content (AvgIpc) is 2.37. The van der Waals surface area contributed by atoms with E-state index in [0.29, 0.717) is 11.6 Å². The Kier molecular flexibility index (Phi) is 7.02. The third-order valence-corrected chi connectivity index (χ3v) is 3.45. The van der Waals surface area contributed by atoms with Crippen molar-refractivity contribution in [3.8, 4) is 0 Å². The molecule has 0 aliphatic heterocycles. The minimum atomic E-state index is 0.0751. The number of hydrogen-bond acceptors (Lipinski definition) is 2. The van der Waals surface area contributed by atoms with Crippen LogP contribution in [0.5, 0.6) is 0 Å². The lowest BCUT2D eigenvalue weighted by molar-refractivity contribution is 0.0318. The average molecular weight is 290 g/mol. The van der Waals surface area contributed by atoms with Crippen molar-refractivity contribution < 1.29 is 4.74 Å². The van der Waals surface area contributed by atoms with Crippen LogP contribution >= 0.6 is 23.2 Å². The highest BCUT2D eigenvalue weighted by atomic mass is 35.5. The van der Waals surface area contributed by atoms with Gasteiger partial charge in [-0.2, -0.15) is 0 Å². The van der Waals surface area contributed by atoms with Gasteiger partial charge in [-0.15, -0.1) is 0 Å². The Morgan fingerprint density at radius 1 is 1.22 bits per heavy atom. The van der Waals surface area contributed by atoms with Gasteiger partial charge >= 0.3 is 0 Å². The van der Waals surface area contributed by atoms with Crippen molar-refractivity contribution in [2.75, 3.05) is 13.2 Å². The molecular weight excluding hydrogens is 269 g/mol. The van der Waals surface area contributed by atoms with Gasteiger partial charge in [-0.25, -0.2) is 0 Å². The van der Waals surface area contributed by atoms with Crippen LogP contribution in [0.4, 0.5) is 0 Å². The Bertz CT molecular complexity index is 371. The summed E-state index contributed by atoms with van der Waals surface area (Å²) in [5.41, 5.74) is 1.01. The number of nitrogens with one attached hydrogen (secondary N) is 1. The SMILES string of the molecule is CCNC(c1cc(Cl)ccc1Cl)C(CC)OCC. The predicted octanol–water partition coefficient (Wildman–Crippen LogP) is 4.46. The van der Waals surface area contributed by atoms with E-state index in [1.54, 1.807) is 6.07 Å². The number of hydrogen-bond donors (Lipinski definition) is 1. The summed E-state index contributed by atoms with van der Waals surface area (Å²) < 4.78 is 5.79. The summed E-state index contributed by atoms with van der Waals surface area (Å²) in [6.07, 6.45) is 1.03. The summed E-state index contributed by atoms with van der Waals surface area (Å²) in [6, 6.07) is 5.63. The van der Waals surface area contributed by atoms with Gasteiger partial charge in [-0.1, -0.05) is 37.0 Å². The lowest BCUT2D eigenvalue weighted by Crippen LogP contribution is -2.33. The summed E-state index contributed by atoms with van der Waals surface area (Å²) in [6.45, 7) is 7.74. The first-order chi connectivity index (χ1) is 8.63. The quantitative estimate of drug-likeness (QED) is 0.800. The second kappa shape index (κ2) is 8.00. The molecule has 1 N–H and O–H groups in total. The molecule has 0 aliphatic carbocycles. The summed E-state index contributed by atoms with van der Waals surface area (Å²) in [5, 5.41) is 4.86. The van der Waals surface area contributed by atoms with E-state index in [1.807, 2.05) is 19.1 Å². The van der Waals surface area contributed by atoms with Gasteiger partial charge in [-0.3, -0.25) is 0 Å². The van der Waals surface area contributed by atoms with Crippen LogP contribution in [0.3, 0.4) is 0 Å². The van der Waals surface area contributed by atoms with Crippen LogP contribution in [0, 0.1) is 0 Å². The van der Waals surface area contributed by atoms with Gasteiger partial charge in [0.05, 0.1) is 12.1 Å². The molecule has 0 amide bonds. The van der Waals surface area contributed by atoms with Gasteiger partial charge in [0.1, 0.15) is 0 Å². The zero-order chi connectivity index (χ0) is 13.5. The number of ether oxygens (including phenoxy) is 1. The molecule has 18 heavy (non-hydrogen) atoms.